The van der Waals surface area contributed by atoms with Gasteiger partial charge in [-0.05, 0) is 24.0 Å². The molecular weight excluding hydrogens is 259 g/mol. The fourth-order valence-electron chi connectivity index (χ4n) is 2.75. The van der Waals surface area contributed by atoms with Crippen molar-refractivity contribution in [3.8, 4) is 0 Å². The summed E-state index contributed by atoms with van der Waals surface area (Å²) < 4.78 is 0. The van der Waals surface area contributed by atoms with Gasteiger partial charge in [0.05, 0.1) is 0 Å². The summed E-state index contributed by atoms with van der Waals surface area (Å²) in [5, 5.41) is 0. The van der Waals surface area contributed by atoms with Gasteiger partial charge in [0.1, 0.15) is 0 Å². The van der Waals surface area contributed by atoms with Crippen molar-refractivity contribution in [1.29, 1.82) is 0 Å². The van der Waals surface area contributed by atoms with Crippen LogP contribution in [0.2, 0.25) is 0 Å². The third-order valence-electron chi connectivity index (χ3n) is 3.68. The Kier molecular flexibility index (Phi) is 3.68. The maximum Gasteiger partial charge on any atom is 0.0186 e. The van der Waals surface area contributed by atoms with Crippen molar-refractivity contribution in [2.75, 3.05) is 0 Å². The SMILES string of the molecule is ClP1[C@H](c2ccccc2)CC[C@H]1c1ccccc1. The van der Waals surface area contributed by atoms with Crippen LogP contribution in [0, 0.1) is 0 Å². The maximum absolute atomic E-state index is 6.78. The minimum Gasteiger partial charge on any atom is -0.0951 e. The van der Waals surface area contributed by atoms with E-state index in [-0.39, 0.29) is 0 Å². The average molecular weight is 275 g/mol. The predicted octanol–water partition coefficient (Wildman–Crippen LogP) is 5.90. The zero-order valence-corrected chi connectivity index (χ0v) is 11.8. The minimum atomic E-state index is -0.472. The van der Waals surface area contributed by atoms with E-state index in [1.165, 1.54) is 24.0 Å². The molecule has 1 heterocycles. The molecule has 0 aliphatic carbocycles. The van der Waals surface area contributed by atoms with Crippen molar-refractivity contribution in [2.24, 2.45) is 0 Å². The van der Waals surface area contributed by atoms with Crippen molar-refractivity contribution in [2.45, 2.75) is 24.2 Å². The fraction of sp³-hybridized carbons (Fsp3) is 0.250. The van der Waals surface area contributed by atoms with Crippen LogP contribution < -0.4 is 0 Å². The molecule has 1 aliphatic heterocycles. The molecule has 18 heavy (non-hydrogen) atoms. The molecule has 1 saturated heterocycles. The molecule has 1 fully saturated rings. The molecule has 3 rings (SSSR count). The second-order valence-electron chi connectivity index (χ2n) is 4.77. The number of hydrogen-bond acceptors (Lipinski definition) is 0. The first-order valence-corrected chi connectivity index (χ1v) is 8.79. The lowest BCUT2D eigenvalue weighted by Crippen LogP contribution is -1.89. The van der Waals surface area contributed by atoms with Gasteiger partial charge < -0.3 is 0 Å². The third-order valence-corrected chi connectivity index (χ3v) is 7.40. The highest BCUT2D eigenvalue weighted by atomic mass is 35.7. The summed E-state index contributed by atoms with van der Waals surface area (Å²) >= 11 is 6.78. The highest BCUT2D eigenvalue weighted by Gasteiger charge is 2.36. The van der Waals surface area contributed by atoms with Gasteiger partial charge in [-0.2, -0.15) is 0 Å². The Morgan fingerprint density at radius 3 is 1.50 bits per heavy atom. The third kappa shape index (κ3) is 2.32. The Morgan fingerprint density at radius 2 is 1.11 bits per heavy atom. The lowest BCUT2D eigenvalue weighted by atomic mass is 10.0. The number of benzene rings is 2. The molecule has 1 aliphatic rings. The van der Waals surface area contributed by atoms with Crippen LogP contribution in [0.4, 0.5) is 0 Å². The van der Waals surface area contributed by atoms with Crippen LogP contribution in [0.25, 0.3) is 0 Å². The molecule has 0 radical (unpaired) electrons. The Hall–Kier alpha value is -0.840. The molecule has 2 aromatic rings. The van der Waals surface area contributed by atoms with Gasteiger partial charge in [-0.15, -0.1) is 0 Å². The topological polar surface area (TPSA) is 0 Å². The van der Waals surface area contributed by atoms with Crippen molar-refractivity contribution >= 4 is 18.5 Å². The summed E-state index contributed by atoms with van der Waals surface area (Å²) in [5.41, 5.74) is 3.95. The van der Waals surface area contributed by atoms with E-state index in [1.807, 2.05) is 0 Å². The zero-order chi connectivity index (χ0) is 12.4. The van der Waals surface area contributed by atoms with Crippen LogP contribution in [0.15, 0.2) is 60.7 Å². The van der Waals surface area contributed by atoms with E-state index in [1.54, 1.807) is 0 Å². The first-order chi connectivity index (χ1) is 8.86. The van der Waals surface area contributed by atoms with E-state index in [0.717, 1.165) is 0 Å². The molecular formula is C16H16ClP. The smallest absolute Gasteiger partial charge is 0.0186 e. The summed E-state index contributed by atoms with van der Waals surface area (Å²) in [6, 6.07) is 21.5. The normalized spacial score (nSPS) is 24.3. The lowest BCUT2D eigenvalue weighted by molar-refractivity contribution is 0.765. The van der Waals surface area contributed by atoms with Crippen molar-refractivity contribution in [3.05, 3.63) is 71.8 Å². The molecule has 2 heteroatoms. The van der Waals surface area contributed by atoms with E-state index < -0.39 is 7.27 Å². The Labute approximate surface area is 115 Å². The van der Waals surface area contributed by atoms with Crippen molar-refractivity contribution < 1.29 is 0 Å². The summed E-state index contributed by atoms with van der Waals surface area (Å²) in [4.78, 5) is 0. The van der Waals surface area contributed by atoms with Gasteiger partial charge in [0.15, 0.2) is 0 Å². The van der Waals surface area contributed by atoms with Gasteiger partial charge in [-0.1, -0.05) is 71.9 Å². The van der Waals surface area contributed by atoms with Gasteiger partial charge >= 0.3 is 0 Å². The molecule has 0 N–H and O–H groups in total. The van der Waals surface area contributed by atoms with E-state index in [2.05, 4.69) is 60.7 Å². The summed E-state index contributed by atoms with van der Waals surface area (Å²) in [7, 11) is -0.472. The Bertz CT molecular complexity index is 450. The van der Waals surface area contributed by atoms with Gasteiger partial charge in [-0.25, -0.2) is 0 Å². The van der Waals surface area contributed by atoms with E-state index in [0.29, 0.717) is 11.3 Å². The average Bonchev–Trinajstić information content (AvgIpc) is 2.83. The Balaban J connectivity index is 1.83. The summed E-state index contributed by atoms with van der Waals surface area (Å²) in [6.07, 6.45) is 2.44. The van der Waals surface area contributed by atoms with Crippen LogP contribution in [0.3, 0.4) is 0 Å². The first kappa shape index (κ1) is 12.2. The quantitative estimate of drug-likeness (QED) is 0.598. The van der Waals surface area contributed by atoms with E-state index >= 15 is 0 Å². The molecule has 92 valence electrons. The van der Waals surface area contributed by atoms with Crippen LogP contribution in [0.5, 0.6) is 0 Å². The highest BCUT2D eigenvalue weighted by Crippen LogP contribution is 2.73. The van der Waals surface area contributed by atoms with Gasteiger partial charge in [0, 0.05) is 18.6 Å². The molecule has 0 amide bonds. The molecule has 0 bridgehead atoms. The van der Waals surface area contributed by atoms with Crippen LogP contribution in [-0.4, -0.2) is 0 Å². The van der Waals surface area contributed by atoms with Crippen LogP contribution in [0.1, 0.15) is 35.3 Å². The molecule has 2 atom stereocenters. The molecule has 0 spiro atoms. The second kappa shape index (κ2) is 5.43. The Morgan fingerprint density at radius 1 is 0.722 bits per heavy atom. The molecule has 0 unspecified atom stereocenters. The molecule has 2 aromatic carbocycles. The van der Waals surface area contributed by atoms with E-state index in [4.69, 9.17) is 11.2 Å². The minimum absolute atomic E-state index is 0.472. The van der Waals surface area contributed by atoms with Crippen molar-refractivity contribution in [1.82, 2.24) is 0 Å². The van der Waals surface area contributed by atoms with Crippen LogP contribution >= 0.6 is 18.5 Å². The van der Waals surface area contributed by atoms with Gasteiger partial charge in [0.25, 0.3) is 0 Å². The number of rotatable bonds is 2. The lowest BCUT2D eigenvalue weighted by Gasteiger charge is -2.19. The largest absolute Gasteiger partial charge is 0.0951 e. The highest BCUT2D eigenvalue weighted by molar-refractivity contribution is 7.84. The fourth-order valence-corrected chi connectivity index (χ4v) is 6.15. The molecule has 0 saturated carbocycles. The number of halogens is 1. The summed E-state index contributed by atoms with van der Waals surface area (Å²) in [5.74, 6) is 0. The monoisotopic (exact) mass is 274 g/mol. The first-order valence-electron chi connectivity index (χ1n) is 6.40. The zero-order valence-electron chi connectivity index (χ0n) is 10.2. The molecule has 0 aromatic heterocycles. The second-order valence-corrected chi connectivity index (χ2v) is 7.88. The van der Waals surface area contributed by atoms with Crippen LogP contribution in [-0.2, 0) is 0 Å². The number of hydrogen-bond donors (Lipinski definition) is 0. The standard InChI is InChI=1S/C16H16ClP/c17-18-15(13-7-3-1-4-8-13)11-12-16(18)14-9-5-2-6-10-14/h1-10,15-16H,11-12H2/t15-,16-/m0/s1. The van der Waals surface area contributed by atoms with Gasteiger partial charge in [0.2, 0.25) is 0 Å². The maximum atomic E-state index is 6.78. The van der Waals surface area contributed by atoms with Gasteiger partial charge in [-0.3, -0.25) is 0 Å². The predicted molar refractivity (Wildman–Crippen MR) is 80.4 cm³/mol. The summed E-state index contributed by atoms with van der Waals surface area (Å²) in [6.45, 7) is 0. The van der Waals surface area contributed by atoms with Crippen molar-refractivity contribution in [3.63, 3.8) is 0 Å². The van der Waals surface area contributed by atoms with E-state index in [9.17, 15) is 0 Å². The molecule has 0 nitrogen and oxygen atoms in total.